The third-order valence-electron chi connectivity index (χ3n) is 4.22. The standard InChI is InChI=1S/C20H31N3O/c1-15(24)11-17(16-9-7-6-8-10-16)12-21-13-18-14-23(5)22-19(18)20(2,3)4/h6-10,14-15,17,21,24H,11-13H2,1-5H3. The molecule has 2 atom stereocenters. The Balaban J connectivity index is 2.03. The molecule has 0 radical (unpaired) electrons. The fraction of sp³-hybridized carbons (Fsp3) is 0.550. The number of hydrogen-bond donors (Lipinski definition) is 2. The van der Waals surface area contributed by atoms with Crippen LogP contribution in [0, 0.1) is 0 Å². The quantitative estimate of drug-likeness (QED) is 0.819. The second-order valence-electron chi connectivity index (χ2n) is 7.75. The van der Waals surface area contributed by atoms with Crippen molar-refractivity contribution < 1.29 is 5.11 Å². The number of aliphatic hydroxyl groups is 1. The van der Waals surface area contributed by atoms with Gasteiger partial charge < -0.3 is 10.4 Å². The molecule has 4 nitrogen and oxygen atoms in total. The van der Waals surface area contributed by atoms with Crippen molar-refractivity contribution in [3.63, 3.8) is 0 Å². The Morgan fingerprint density at radius 3 is 2.46 bits per heavy atom. The van der Waals surface area contributed by atoms with Gasteiger partial charge in [-0.15, -0.1) is 0 Å². The molecule has 132 valence electrons. The highest BCUT2D eigenvalue weighted by molar-refractivity contribution is 5.24. The number of aromatic nitrogens is 2. The molecule has 0 aliphatic carbocycles. The Morgan fingerprint density at radius 1 is 1.21 bits per heavy atom. The zero-order valence-electron chi connectivity index (χ0n) is 15.6. The van der Waals surface area contributed by atoms with Gasteiger partial charge in [0, 0.05) is 37.3 Å². The van der Waals surface area contributed by atoms with Crippen LogP contribution in [0.25, 0.3) is 0 Å². The molecule has 1 aromatic carbocycles. The summed E-state index contributed by atoms with van der Waals surface area (Å²) in [6, 6.07) is 10.4. The second kappa shape index (κ2) is 7.95. The van der Waals surface area contributed by atoms with Gasteiger partial charge in [-0.1, -0.05) is 51.1 Å². The molecule has 0 saturated heterocycles. The van der Waals surface area contributed by atoms with E-state index in [0.29, 0.717) is 5.92 Å². The number of hydrogen-bond acceptors (Lipinski definition) is 3. The second-order valence-corrected chi connectivity index (χ2v) is 7.75. The lowest BCUT2D eigenvalue weighted by Gasteiger charge is -2.21. The maximum Gasteiger partial charge on any atom is 0.0722 e. The van der Waals surface area contributed by atoms with Crippen LogP contribution in [0.1, 0.15) is 56.9 Å². The highest BCUT2D eigenvalue weighted by Crippen LogP contribution is 2.25. The number of aryl methyl sites for hydroxylation is 1. The minimum absolute atomic E-state index is 0.0384. The van der Waals surface area contributed by atoms with Gasteiger partial charge in [0.1, 0.15) is 0 Å². The van der Waals surface area contributed by atoms with Gasteiger partial charge in [-0.2, -0.15) is 5.10 Å². The lowest BCUT2D eigenvalue weighted by Crippen LogP contribution is -2.25. The summed E-state index contributed by atoms with van der Waals surface area (Å²) < 4.78 is 1.89. The van der Waals surface area contributed by atoms with Crippen LogP contribution in [0.2, 0.25) is 0 Å². The van der Waals surface area contributed by atoms with Crippen molar-refractivity contribution in [3.05, 3.63) is 53.3 Å². The van der Waals surface area contributed by atoms with Gasteiger partial charge in [0.05, 0.1) is 11.8 Å². The first kappa shape index (κ1) is 18.7. The number of benzene rings is 1. The maximum atomic E-state index is 9.81. The maximum absolute atomic E-state index is 9.81. The Kier molecular flexibility index (Phi) is 6.19. The molecule has 2 rings (SSSR count). The number of rotatable bonds is 7. The molecule has 1 heterocycles. The zero-order valence-corrected chi connectivity index (χ0v) is 15.6. The lowest BCUT2D eigenvalue weighted by atomic mass is 9.89. The van der Waals surface area contributed by atoms with Crippen LogP contribution in [0.3, 0.4) is 0 Å². The smallest absolute Gasteiger partial charge is 0.0722 e. The van der Waals surface area contributed by atoms with Gasteiger partial charge in [0.25, 0.3) is 0 Å². The first-order valence-electron chi connectivity index (χ1n) is 8.74. The lowest BCUT2D eigenvalue weighted by molar-refractivity contribution is 0.173. The van der Waals surface area contributed by atoms with Crippen molar-refractivity contribution in [1.29, 1.82) is 0 Å². The molecule has 0 amide bonds. The van der Waals surface area contributed by atoms with Crippen LogP contribution in [-0.4, -0.2) is 27.5 Å². The summed E-state index contributed by atoms with van der Waals surface area (Å²) in [4.78, 5) is 0. The molecule has 4 heteroatoms. The van der Waals surface area contributed by atoms with Gasteiger partial charge in [-0.05, 0) is 24.8 Å². The number of nitrogens with zero attached hydrogens (tertiary/aromatic N) is 2. The van der Waals surface area contributed by atoms with E-state index in [2.05, 4.69) is 61.6 Å². The van der Waals surface area contributed by atoms with Gasteiger partial charge in [-0.25, -0.2) is 0 Å². The fourth-order valence-electron chi connectivity index (χ4n) is 3.15. The van der Waals surface area contributed by atoms with E-state index in [1.54, 1.807) is 0 Å². The molecule has 0 saturated carbocycles. The van der Waals surface area contributed by atoms with E-state index in [4.69, 9.17) is 0 Å². The number of aliphatic hydroxyl groups excluding tert-OH is 1. The molecule has 0 aliphatic heterocycles. The van der Waals surface area contributed by atoms with E-state index in [1.807, 2.05) is 24.7 Å². The Hall–Kier alpha value is -1.65. The molecular formula is C20H31N3O. The summed E-state index contributed by atoms with van der Waals surface area (Å²) in [5.74, 6) is 0.306. The molecule has 0 fully saturated rings. The molecule has 1 aromatic heterocycles. The normalized spacial score (nSPS) is 14.6. The first-order chi connectivity index (χ1) is 11.3. The average Bonchev–Trinajstić information content (AvgIpc) is 2.88. The molecule has 2 aromatic rings. The van der Waals surface area contributed by atoms with Crippen LogP contribution in [-0.2, 0) is 19.0 Å². The summed E-state index contributed by atoms with van der Waals surface area (Å²) in [6.07, 6.45) is 2.55. The topological polar surface area (TPSA) is 50.1 Å². The van der Waals surface area contributed by atoms with Crippen molar-refractivity contribution in [2.75, 3.05) is 6.54 Å². The van der Waals surface area contributed by atoms with E-state index in [9.17, 15) is 5.11 Å². The van der Waals surface area contributed by atoms with E-state index in [0.717, 1.165) is 25.2 Å². The highest BCUT2D eigenvalue weighted by atomic mass is 16.3. The fourth-order valence-corrected chi connectivity index (χ4v) is 3.15. The van der Waals surface area contributed by atoms with E-state index < -0.39 is 0 Å². The molecule has 0 spiro atoms. The monoisotopic (exact) mass is 329 g/mol. The Bertz CT molecular complexity index is 626. The molecule has 0 aliphatic rings. The molecule has 24 heavy (non-hydrogen) atoms. The van der Waals surface area contributed by atoms with Crippen LogP contribution < -0.4 is 5.32 Å². The highest BCUT2D eigenvalue weighted by Gasteiger charge is 2.22. The summed E-state index contributed by atoms with van der Waals surface area (Å²) in [5, 5.41) is 18.0. The van der Waals surface area contributed by atoms with E-state index in [1.165, 1.54) is 11.1 Å². The van der Waals surface area contributed by atoms with Gasteiger partial charge in [0.15, 0.2) is 0 Å². The van der Waals surface area contributed by atoms with E-state index in [-0.39, 0.29) is 11.5 Å². The van der Waals surface area contributed by atoms with Crippen molar-refractivity contribution in [2.45, 2.75) is 58.1 Å². The number of nitrogens with one attached hydrogen (secondary N) is 1. The Morgan fingerprint density at radius 2 is 1.88 bits per heavy atom. The largest absolute Gasteiger partial charge is 0.393 e. The predicted molar refractivity (Wildman–Crippen MR) is 99.1 cm³/mol. The molecule has 2 N–H and O–H groups in total. The average molecular weight is 329 g/mol. The summed E-state index contributed by atoms with van der Waals surface area (Å²) in [6.45, 7) is 10.1. The molecular weight excluding hydrogens is 298 g/mol. The van der Waals surface area contributed by atoms with Crippen LogP contribution in [0.5, 0.6) is 0 Å². The van der Waals surface area contributed by atoms with Crippen molar-refractivity contribution in [2.24, 2.45) is 7.05 Å². The summed E-state index contributed by atoms with van der Waals surface area (Å²) >= 11 is 0. The third-order valence-corrected chi connectivity index (χ3v) is 4.22. The minimum Gasteiger partial charge on any atom is -0.393 e. The van der Waals surface area contributed by atoms with Gasteiger partial charge >= 0.3 is 0 Å². The van der Waals surface area contributed by atoms with Crippen LogP contribution >= 0.6 is 0 Å². The zero-order chi connectivity index (χ0) is 17.7. The van der Waals surface area contributed by atoms with Crippen molar-refractivity contribution >= 4 is 0 Å². The summed E-state index contributed by atoms with van der Waals surface area (Å²) in [7, 11) is 1.97. The van der Waals surface area contributed by atoms with Gasteiger partial charge in [0.2, 0.25) is 0 Å². The molecule has 0 bridgehead atoms. The van der Waals surface area contributed by atoms with Crippen molar-refractivity contribution in [1.82, 2.24) is 15.1 Å². The van der Waals surface area contributed by atoms with Gasteiger partial charge in [-0.3, -0.25) is 4.68 Å². The SMILES string of the molecule is CC(O)CC(CNCc1cn(C)nc1C(C)(C)C)c1ccccc1. The predicted octanol–water partition coefficient (Wildman–Crippen LogP) is 3.36. The minimum atomic E-state index is -0.305. The summed E-state index contributed by atoms with van der Waals surface area (Å²) in [5.41, 5.74) is 3.70. The van der Waals surface area contributed by atoms with Crippen LogP contribution in [0.15, 0.2) is 36.5 Å². The Labute approximate surface area is 145 Å². The van der Waals surface area contributed by atoms with Crippen molar-refractivity contribution in [3.8, 4) is 0 Å². The first-order valence-corrected chi connectivity index (χ1v) is 8.74. The third kappa shape index (κ3) is 5.18. The molecule has 2 unspecified atom stereocenters. The van der Waals surface area contributed by atoms with E-state index >= 15 is 0 Å². The van der Waals surface area contributed by atoms with Crippen LogP contribution in [0.4, 0.5) is 0 Å².